The van der Waals surface area contributed by atoms with Gasteiger partial charge in [-0.2, -0.15) is 0 Å². The molecular formula is C26H28O5. The molecule has 0 saturated heterocycles. The number of aryl methyl sites for hydroxylation is 1. The molecule has 0 saturated carbocycles. The first-order valence-electron chi connectivity index (χ1n) is 11.0. The Labute approximate surface area is 182 Å². The molecule has 0 amide bonds. The number of carbonyl (C=O) groups excluding carboxylic acids is 3. The van der Waals surface area contributed by atoms with Crippen LogP contribution in [0.4, 0.5) is 0 Å². The molecule has 0 fully saturated rings. The lowest BCUT2D eigenvalue weighted by Crippen LogP contribution is -2.21. The minimum atomic E-state index is -0.872. The van der Waals surface area contributed by atoms with Gasteiger partial charge in [-0.05, 0) is 43.7 Å². The molecule has 5 nitrogen and oxygen atoms in total. The van der Waals surface area contributed by atoms with Crippen molar-refractivity contribution < 1.29 is 24.3 Å². The molecule has 0 aliphatic heterocycles. The largest absolute Gasteiger partial charge is 0.481 e. The number of fused-ring (bicyclic) bond motifs is 2. The van der Waals surface area contributed by atoms with Crippen LogP contribution in [0.1, 0.15) is 89.3 Å². The molecule has 1 aliphatic carbocycles. The maximum atomic E-state index is 12.9. The Morgan fingerprint density at radius 1 is 0.839 bits per heavy atom. The third-order valence-electron chi connectivity index (χ3n) is 5.91. The zero-order valence-electron chi connectivity index (χ0n) is 17.9. The van der Waals surface area contributed by atoms with Gasteiger partial charge in [-0.25, -0.2) is 0 Å². The van der Waals surface area contributed by atoms with Crippen LogP contribution in [0.15, 0.2) is 42.5 Å². The fraction of sp³-hybridized carbons (Fsp3) is 0.385. The SMILES string of the molecule is CCCC(CCCc1ccc2c(c1)C(=O)c1ccccc1C2=O)C(=O)CCCC(=O)O. The van der Waals surface area contributed by atoms with Gasteiger partial charge in [0.15, 0.2) is 11.6 Å². The molecule has 1 atom stereocenters. The van der Waals surface area contributed by atoms with E-state index in [4.69, 9.17) is 5.11 Å². The summed E-state index contributed by atoms with van der Waals surface area (Å²) in [6, 6.07) is 12.3. The quantitative estimate of drug-likeness (QED) is 0.470. The number of Topliss-reactive ketones (excluding diaryl/α,β-unsaturated/α-hetero) is 1. The molecule has 0 bridgehead atoms. The fourth-order valence-electron chi connectivity index (χ4n) is 4.29. The second-order valence-electron chi connectivity index (χ2n) is 8.18. The van der Waals surface area contributed by atoms with Gasteiger partial charge in [-0.3, -0.25) is 19.2 Å². The van der Waals surface area contributed by atoms with Crippen LogP contribution in [0.5, 0.6) is 0 Å². The number of benzene rings is 2. The van der Waals surface area contributed by atoms with E-state index in [2.05, 4.69) is 0 Å². The van der Waals surface area contributed by atoms with Gasteiger partial charge in [0.05, 0.1) is 0 Å². The van der Waals surface area contributed by atoms with Crippen LogP contribution in [0, 0.1) is 5.92 Å². The van der Waals surface area contributed by atoms with Crippen LogP contribution >= 0.6 is 0 Å². The van der Waals surface area contributed by atoms with E-state index in [-0.39, 0.29) is 29.7 Å². The van der Waals surface area contributed by atoms with Gasteiger partial charge in [0.1, 0.15) is 5.78 Å². The van der Waals surface area contributed by atoms with E-state index in [9.17, 15) is 19.2 Å². The van der Waals surface area contributed by atoms with Gasteiger partial charge in [0, 0.05) is 41.0 Å². The standard InChI is InChI=1S/C26H28O5/c1-2-7-18(23(27)12-6-13-24(28)29)9-5-8-17-14-15-21-22(16-17)26(31)20-11-4-3-10-19(20)25(21)30/h3-4,10-11,14-16,18H,2,5-9,12-13H2,1H3,(H,28,29). The Kier molecular flexibility index (Phi) is 7.50. The minimum absolute atomic E-state index is 0.0234. The molecule has 162 valence electrons. The summed E-state index contributed by atoms with van der Waals surface area (Å²) in [5, 5.41) is 8.75. The highest BCUT2D eigenvalue weighted by molar-refractivity contribution is 6.28. The Morgan fingerprint density at radius 3 is 2.13 bits per heavy atom. The molecule has 1 aliphatic rings. The zero-order chi connectivity index (χ0) is 22.4. The molecule has 2 aromatic rings. The van der Waals surface area contributed by atoms with Crippen molar-refractivity contribution in [3.05, 3.63) is 70.3 Å². The van der Waals surface area contributed by atoms with Crippen molar-refractivity contribution in [3.8, 4) is 0 Å². The fourth-order valence-corrected chi connectivity index (χ4v) is 4.29. The van der Waals surface area contributed by atoms with E-state index < -0.39 is 5.97 Å². The number of rotatable bonds is 11. The van der Waals surface area contributed by atoms with E-state index in [0.717, 1.165) is 37.7 Å². The van der Waals surface area contributed by atoms with Crippen molar-refractivity contribution in [1.29, 1.82) is 0 Å². The summed E-state index contributed by atoms with van der Waals surface area (Å²) in [6.07, 6.45) is 4.70. The highest BCUT2D eigenvalue weighted by atomic mass is 16.4. The Hall–Kier alpha value is -3.08. The lowest BCUT2D eigenvalue weighted by atomic mass is 9.83. The highest BCUT2D eigenvalue weighted by Crippen LogP contribution is 2.28. The predicted molar refractivity (Wildman–Crippen MR) is 118 cm³/mol. The summed E-state index contributed by atoms with van der Waals surface area (Å²) in [6.45, 7) is 2.04. The van der Waals surface area contributed by atoms with Crippen molar-refractivity contribution in [2.75, 3.05) is 0 Å². The van der Waals surface area contributed by atoms with Crippen LogP contribution in [-0.4, -0.2) is 28.4 Å². The van der Waals surface area contributed by atoms with E-state index in [0.29, 0.717) is 35.1 Å². The maximum Gasteiger partial charge on any atom is 0.303 e. The summed E-state index contributed by atoms with van der Waals surface area (Å²) < 4.78 is 0. The van der Waals surface area contributed by atoms with Crippen molar-refractivity contribution in [2.45, 2.75) is 58.3 Å². The third-order valence-corrected chi connectivity index (χ3v) is 5.91. The van der Waals surface area contributed by atoms with E-state index >= 15 is 0 Å². The summed E-state index contributed by atoms with van der Waals surface area (Å²) >= 11 is 0. The van der Waals surface area contributed by atoms with Crippen molar-refractivity contribution in [3.63, 3.8) is 0 Å². The van der Waals surface area contributed by atoms with Crippen LogP contribution in [-0.2, 0) is 16.0 Å². The number of hydrogen-bond acceptors (Lipinski definition) is 4. The molecule has 1 unspecified atom stereocenters. The summed E-state index contributed by atoms with van der Waals surface area (Å²) in [5.74, 6) is -1.02. The first kappa shape index (κ1) is 22.6. The minimum Gasteiger partial charge on any atom is -0.481 e. The molecule has 5 heteroatoms. The first-order valence-corrected chi connectivity index (χ1v) is 11.0. The summed E-state index contributed by atoms with van der Waals surface area (Å²) in [7, 11) is 0. The van der Waals surface area contributed by atoms with Crippen LogP contribution < -0.4 is 0 Å². The van der Waals surface area contributed by atoms with E-state index in [1.807, 2.05) is 19.1 Å². The summed E-state index contributed by atoms with van der Waals surface area (Å²) in [4.78, 5) is 48.7. The Balaban J connectivity index is 1.63. The zero-order valence-corrected chi connectivity index (χ0v) is 17.9. The molecular weight excluding hydrogens is 392 g/mol. The lowest BCUT2D eigenvalue weighted by Gasteiger charge is -2.18. The number of carboxylic acid groups (broad SMARTS) is 1. The number of carboxylic acids is 1. The van der Waals surface area contributed by atoms with Gasteiger partial charge in [0.2, 0.25) is 0 Å². The van der Waals surface area contributed by atoms with Gasteiger partial charge < -0.3 is 5.11 Å². The number of hydrogen-bond donors (Lipinski definition) is 1. The monoisotopic (exact) mass is 420 g/mol. The molecule has 2 aromatic carbocycles. The molecule has 0 radical (unpaired) electrons. The molecule has 3 rings (SSSR count). The average molecular weight is 421 g/mol. The van der Waals surface area contributed by atoms with Crippen molar-refractivity contribution >= 4 is 23.3 Å². The van der Waals surface area contributed by atoms with Crippen LogP contribution in [0.2, 0.25) is 0 Å². The Morgan fingerprint density at radius 2 is 1.48 bits per heavy atom. The van der Waals surface area contributed by atoms with Gasteiger partial charge in [-0.1, -0.05) is 49.7 Å². The van der Waals surface area contributed by atoms with Crippen molar-refractivity contribution in [2.24, 2.45) is 5.92 Å². The molecule has 0 aromatic heterocycles. The number of aliphatic carboxylic acids is 1. The third kappa shape index (κ3) is 5.35. The van der Waals surface area contributed by atoms with Crippen LogP contribution in [0.25, 0.3) is 0 Å². The predicted octanol–water partition coefficient (Wildman–Crippen LogP) is 5.03. The summed E-state index contributed by atoms with van der Waals surface area (Å²) in [5.41, 5.74) is 2.79. The molecule has 0 heterocycles. The molecule has 1 N–H and O–H groups in total. The second-order valence-corrected chi connectivity index (χ2v) is 8.18. The Bertz CT molecular complexity index is 1000. The van der Waals surface area contributed by atoms with Gasteiger partial charge in [-0.15, -0.1) is 0 Å². The lowest BCUT2D eigenvalue weighted by molar-refractivity contribution is -0.137. The van der Waals surface area contributed by atoms with Gasteiger partial charge in [0.25, 0.3) is 0 Å². The normalized spacial score (nSPS) is 13.5. The molecule has 31 heavy (non-hydrogen) atoms. The van der Waals surface area contributed by atoms with Crippen LogP contribution in [0.3, 0.4) is 0 Å². The second kappa shape index (κ2) is 10.3. The first-order chi connectivity index (χ1) is 14.9. The number of ketones is 3. The number of carbonyl (C=O) groups is 4. The maximum absolute atomic E-state index is 12.9. The van der Waals surface area contributed by atoms with E-state index in [1.54, 1.807) is 30.3 Å². The average Bonchev–Trinajstić information content (AvgIpc) is 2.76. The smallest absolute Gasteiger partial charge is 0.303 e. The molecule has 0 spiro atoms. The van der Waals surface area contributed by atoms with Gasteiger partial charge >= 0.3 is 5.97 Å². The van der Waals surface area contributed by atoms with E-state index in [1.165, 1.54) is 0 Å². The topological polar surface area (TPSA) is 88.5 Å². The highest BCUT2D eigenvalue weighted by Gasteiger charge is 2.29. The van der Waals surface area contributed by atoms with Crippen molar-refractivity contribution in [1.82, 2.24) is 0 Å².